The summed E-state index contributed by atoms with van der Waals surface area (Å²) in [7, 11) is 0. The van der Waals surface area contributed by atoms with Crippen LogP contribution in [0.3, 0.4) is 0 Å². The first-order valence-electron chi connectivity index (χ1n) is 5.72. The first kappa shape index (κ1) is 12.7. The fourth-order valence-corrected chi connectivity index (χ4v) is 7.67. The predicted octanol–water partition coefficient (Wildman–Crippen LogP) is 3.55. The zero-order chi connectivity index (χ0) is 12.1. The van der Waals surface area contributed by atoms with Crippen LogP contribution < -0.4 is 0 Å². The molecule has 88 valence electrons. The van der Waals surface area contributed by atoms with Gasteiger partial charge in [0.1, 0.15) is 0 Å². The van der Waals surface area contributed by atoms with Gasteiger partial charge < -0.3 is 0 Å². The number of rotatable bonds is 0. The van der Waals surface area contributed by atoms with Crippen LogP contribution in [0.5, 0.6) is 0 Å². The molecular weight excluding hydrogens is 326 g/mol. The van der Waals surface area contributed by atoms with E-state index in [2.05, 4.69) is 53.7 Å². The van der Waals surface area contributed by atoms with E-state index < -0.39 is 0 Å². The van der Waals surface area contributed by atoms with Gasteiger partial charge in [0.05, 0.1) is 0 Å². The molecule has 2 aromatic rings. The molecule has 0 radical (unpaired) electrons. The van der Waals surface area contributed by atoms with Gasteiger partial charge in [0, 0.05) is 0 Å². The van der Waals surface area contributed by atoms with Crippen LogP contribution in [0.25, 0.3) is 8.52 Å². The molecule has 0 aliphatic rings. The molecule has 2 heteroatoms. The van der Waals surface area contributed by atoms with Gasteiger partial charge in [0.25, 0.3) is 0 Å². The van der Waals surface area contributed by atoms with E-state index in [9.17, 15) is 0 Å². The molecule has 0 nitrogen and oxygen atoms in total. The molecule has 0 saturated carbocycles. The van der Waals surface area contributed by atoms with E-state index in [1.54, 1.807) is 17.4 Å². The van der Waals surface area contributed by atoms with Crippen LogP contribution in [-0.2, 0) is 10.8 Å². The van der Waals surface area contributed by atoms with Gasteiger partial charge in [0.2, 0.25) is 0 Å². The summed E-state index contributed by atoms with van der Waals surface area (Å²) in [5.41, 5.74) is 0.742. The third-order valence-corrected chi connectivity index (χ3v) is 9.67. The molecule has 2 heterocycles. The number of hydrogen-bond donors (Lipinski definition) is 0. The van der Waals surface area contributed by atoms with E-state index in [0.717, 1.165) is 0 Å². The molecular formula is C14H20Se2. The zero-order valence-electron chi connectivity index (χ0n) is 11.0. The summed E-state index contributed by atoms with van der Waals surface area (Å²) in [4.78, 5) is 0. The Morgan fingerprint density at radius 3 is 1.25 bits per heavy atom. The maximum atomic E-state index is 2.50. The summed E-state index contributed by atoms with van der Waals surface area (Å²) in [5, 5.41) is 0. The molecule has 0 aliphatic heterocycles. The second kappa shape index (κ2) is 3.88. The van der Waals surface area contributed by atoms with Gasteiger partial charge >= 0.3 is 111 Å². The zero-order valence-corrected chi connectivity index (χ0v) is 14.4. The molecule has 0 fully saturated rings. The van der Waals surface area contributed by atoms with Crippen LogP contribution in [0.4, 0.5) is 0 Å². The van der Waals surface area contributed by atoms with Crippen molar-refractivity contribution in [3.8, 4) is 0 Å². The Morgan fingerprint density at radius 1 is 0.688 bits per heavy atom. The maximum absolute atomic E-state index is 2.50. The van der Waals surface area contributed by atoms with Gasteiger partial charge in [-0.25, -0.2) is 0 Å². The van der Waals surface area contributed by atoms with E-state index in [1.807, 2.05) is 0 Å². The molecule has 0 aromatic carbocycles. The van der Waals surface area contributed by atoms with Crippen molar-refractivity contribution in [2.45, 2.75) is 52.4 Å². The third-order valence-electron chi connectivity index (χ3n) is 2.69. The Kier molecular flexibility index (Phi) is 3.09. The quantitative estimate of drug-likeness (QED) is 0.640. The fraction of sp³-hybridized carbons (Fsp3) is 0.571. The molecule has 0 aliphatic carbocycles. The van der Waals surface area contributed by atoms with Gasteiger partial charge in [-0.3, -0.25) is 0 Å². The summed E-state index contributed by atoms with van der Waals surface area (Å²) >= 11 is 1.20. The number of fused-ring (bicyclic) bond motifs is 1. The summed E-state index contributed by atoms with van der Waals surface area (Å²) in [6.45, 7) is 14.0. The van der Waals surface area contributed by atoms with Crippen LogP contribution in [-0.4, -0.2) is 29.0 Å². The first-order valence-corrected chi connectivity index (χ1v) is 9.15. The standard InChI is InChI=1S/C14H20Se2/c1-13(2,3)11-7-9-10(15-11)8-12(16-9)14(4,5)6/h7-8H,1-6H3. The van der Waals surface area contributed by atoms with Crippen molar-refractivity contribution in [3.63, 3.8) is 0 Å². The molecule has 0 bridgehead atoms. The predicted molar refractivity (Wildman–Crippen MR) is 75.2 cm³/mol. The third kappa shape index (κ3) is 2.41. The molecule has 2 aromatic heterocycles. The van der Waals surface area contributed by atoms with Crippen molar-refractivity contribution < 1.29 is 0 Å². The summed E-state index contributed by atoms with van der Waals surface area (Å²) in [5.74, 6) is 0. The molecule has 16 heavy (non-hydrogen) atoms. The molecule has 0 spiro atoms. The number of hydrogen-bond acceptors (Lipinski definition) is 0. The molecule has 0 amide bonds. The van der Waals surface area contributed by atoms with Crippen molar-refractivity contribution in [1.29, 1.82) is 0 Å². The van der Waals surface area contributed by atoms with Crippen LogP contribution in [0.2, 0.25) is 0 Å². The van der Waals surface area contributed by atoms with Gasteiger partial charge in [-0.2, -0.15) is 0 Å². The normalized spacial score (nSPS) is 13.6. The monoisotopic (exact) mass is 348 g/mol. The molecule has 2 rings (SSSR count). The topological polar surface area (TPSA) is 0 Å². The molecule has 0 atom stereocenters. The van der Waals surface area contributed by atoms with Crippen LogP contribution in [0.1, 0.15) is 50.4 Å². The van der Waals surface area contributed by atoms with E-state index in [0.29, 0.717) is 39.8 Å². The Balaban J connectivity index is 2.49. The van der Waals surface area contributed by atoms with Crippen LogP contribution in [0.15, 0.2) is 12.1 Å². The second-order valence-corrected chi connectivity index (χ2v) is 11.0. The average molecular weight is 346 g/mol. The van der Waals surface area contributed by atoms with Crippen molar-refractivity contribution in [2.75, 3.05) is 0 Å². The van der Waals surface area contributed by atoms with E-state index in [1.165, 1.54) is 0 Å². The average Bonchev–Trinajstić information content (AvgIpc) is 2.53. The van der Waals surface area contributed by atoms with Crippen molar-refractivity contribution in [3.05, 3.63) is 21.0 Å². The van der Waals surface area contributed by atoms with Gasteiger partial charge in [0.15, 0.2) is 0 Å². The minimum absolute atomic E-state index is 0.371. The van der Waals surface area contributed by atoms with Crippen molar-refractivity contribution in [2.24, 2.45) is 0 Å². The van der Waals surface area contributed by atoms with Crippen LogP contribution >= 0.6 is 0 Å². The van der Waals surface area contributed by atoms with E-state index >= 15 is 0 Å². The summed E-state index contributed by atoms with van der Waals surface area (Å²) in [6.07, 6.45) is 0. The van der Waals surface area contributed by atoms with Gasteiger partial charge in [-0.05, 0) is 0 Å². The van der Waals surface area contributed by atoms with Gasteiger partial charge in [-0.1, -0.05) is 0 Å². The first-order chi connectivity index (χ1) is 7.18. The van der Waals surface area contributed by atoms with Crippen molar-refractivity contribution >= 4 is 37.5 Å². The summed E-state index contributed by atoms with van der Waals surface area (Å²) < 4.78 is 6.69. The van der Waals surface area contributed by atoms with Crippen molar-refractivity contribution in [1.82, 2.24) is 0 Å². The summed E-state index contributed by atoms with van der Waals surface area (Å²) in [6, 6.07) is 5.01. The Labute approximate surface area is 111 Å². The van der Waals surface area contributed by atoms with E-state index in [4.69, 9.17) is 0 Å². The Morgan fingerprint density at radius 2 is 1.00 bits per heavy atom. The fourth-order valence-electron chi connectivity index (χ4n) is 1.57. The minimum atomic E-state index is 0.371. The SMILES string of the molecule is CC(C)(C)c1cc2[se]c(C(C)(C)C)cc2[se]1. The molecule has 0 N–H and O–H groups in total. The molecule has 0 saturated heterocycles. The Bertz CT molecular complexity index is 426. The second-order valence-electron chi connectivity index (χ2n) is 6.45. The van der Waals surface area contributed by atoms with Gasteiger partial charge in [-0.15, -0.1) is 0 Å². The Hall–Kier alpha value is 0.259. The van der Waals surface area contributed by atoms with Crippen LogP contribution in [0, 0.1) is 0 Å². The van der Waals surface area contributed by atoms with E-state index in [-0.39, 0.29) is 0 Å². The molecule has 0 unspecified atom stereocenters.